The van der Waals surface area contributed by atoms with Crippen LogP contribution >= 0.6 is 0 Å². The summed E-state index contributed by atoms with van der Waals surface area (Å²) < 4.78 is 0. The van der Waals surface area contributed by atoms with Crippen molar-refractivity contribution in [2.75, 3.05) is 20.1 Å². The third-order valence-corrected chi connectivity index (χ3v) is 4.24. The third kappa shape index (κ3) is 4.69. The van der Waals surface area contributed by atoms with E-state index in [1.54, 1.807) is 11.8 Å². The second kappa shape index (κ2) is 8.12. The summed E-state index contributed by atoms with van der Waals surface area (Å²) in [6, 6.07) is 0.270. The number of carbonyl (C=O) groups excluding carboxylic acids is 1. The molecule has 1 saturated carbocycles. The van der Waals surface area contributed by atoms with Gasteiger partial charge in [0, 0.05) is 26.2 Å². The fraction of sp³-hybridized carbons (Fsp3) is 0.867. The van der Waals surface area contributed by atoms with Crippen LogP contribution in [0.4, 0.5) is 4.79 Å². The smallest absolute Gasteiger partial charge is 0.320 e. The number of rotatable bonds is 5. The summed E-state index contributed by atoms with van der Waals surface area (Å²) in [4.78, 5) is 26.9. The predicted octanol–water partition coefficient (Wildman–Crippen LogP) is 2.80. The molecule has 116 valence electrons. The molecular weight excluding hydrogens is 256 g/mol. The zero-order valence-corrected chi connectivity index (χ0v) is 13.0. The topological polar surface area (TPSA) is 60.9 Å². The normalized spacial score (nSPS) is 18.1. The average molecular weight is 284 g/mol. The van der Waals surface area contributed by atoms with Gasteiger partial charge in [-0.1, -0.05) is 32.6 Å². The second-order valence-corrected chi connectivity index (χ2v) is 5.82. The average Bonchev–Trinajstić information content (AvgIpc) is 2.71. The van der Waals surface area contributed by atoms with Crippen molar-refractivity contribution in [1.82, 2.24) is 9.80 Å². The van der Waals surface area contributed by atoms with Crippen LogP contribution in [0.2, 0.25) is 0 Å². The van der Waals surface area contributed by atoms with Crippen LogP contribution in [-0.2, 0) is 4.79 Å². The van der Waals surface area contributed by atoms with Gasteiger partial charge in [0.05, 0.1) is 5.92 Å². The SMILES string of the molecule is CCN(CC(C)C(=O)O)C(=O)N(C)C1CCCCCC1. The Labute approximate surface area is 121 Å². The van der Waals surface area contributed by atoms with Crippen molar-refractivity contribution >= 4 is 12.0 Å². The highest BCUT2D eigenvalue weighted by Crippen LogP contribution is 2.22. The molecule has 0 aromatic heterocycles. The van der Waals surface area contributed by atoms with Crippen molar-refractivity contribution in [3.05, 3.63) is 0 Å². The van der Waals surface area contributed by atoms with E-state index in [9.17, 15) is 9.59 Å². The van der Waals surface area contributed by atoms with Gasteiger partial charge in [0.2, 0.25) is 0 Å². The van der Waals surface area contributed by atoms with E-state index in [4.69, 9.17) is 5.11 Å². The lowest BCUT2D eigenvalue weighted by molar-refractivity contribution is -0.141. The zero-order chi connectivity index (χ0) is 15.1. The number of amides is 2. The summed E-state index contributed by atoms with van der Waals surface area (Å²) in [6.45, 7) is 4.37. The Balaban J connectivity index is 2.61. The van der Waals surface area contributed by atoms with Crippen molar-refractivity contribution in [1.29, 1.82) is 0 Å². The maximum absolute atomic E-state index is 12.5. The summed E-state index contributed by atoms with van der Waals surface area (Å²) in [5, 5.41) is 8.98. The lowest BCUT2D eigenvalue weighted by Gasteiger charge is -2.33. The standard InChI is InChI=1S/C15H28N2O3/c1-4-17(11-12(2)14(18)19)15(20)16(3)13-9-7-5-6-8-10-13/h12-13H,4-11H2,1-3H3,(H,18,19). The molecule has 20 heavy (non-hydrogen) atoms. The second-order valence-electron chi connectivity index (χ2n) is 5.82. The lowest BCUT2D eigenvalue weighted by Crippen LogP contribution is -2.47. The number of carboxylic acid groups (broad SMARTS) is 1. The molecule has 0 aromatic rings. The van der Waals surface area contributed by atoms with Crippen LogP contribution in [0.15, 0.2) is 0 Å². The molecule has 1 atom stereocenters. The van der Waals surface area contributed by atoms with E-state index in [1.165, 1.54) is 25.7 Å². The number of aliphatic carboxylic acids is 1. The Hall–Kier alpha value is -1.26. The van der Waals surface area contributed by atoms with Gasteiger partial charge in [-0.3, -0.25) is 4.79 Å². The van der Waals surface area contributed by atoms with E-state index in [1.807, 2.05) is 18.9 Å². The van der Waals surface area contributed by atoms with E-state index in [0.717, 1.165) is 12.8 Å². The molecule has 0 aromatic carbocycles. The maximum atomic E-state index is 12.5. The van der Waals surface area contributed by atoms with Crippen LogP contribution in [0.1, 0.15) is 52.4 Å². The fourth-order valence-electron chi connectivity index (χ4n) is 2.78. The monoisotopic (exact) mass is 284 g/mol. The lowest BCUT2D eigenvalue weighted by atomic mass is 10.1. The quantitative estimate of drug-likeness (QED) is 0.790. The summed E-state index contributed by atoms with van der Waals surface area (Å²) in [6.07, 6.45) is 7.00. The van der Waals surface area contributed by atoms with Crippen LogP contribution in [-0.4, -0.2) is 53.1 Å². The first-order valence-corrected chi connectivity index (χ1v) is 7.71. The van der Waals surface area contributed by atoms with Gasteiger partial charge in [0.15, 0.2) is 0 Å². The minimum atomic E-state index is -0.853. The Morgan fingerprint density at radius 2 is 1.75 bits per heavy atom. The highest BCUT2D eigenvalue weighted by molar-refractivity contribution is 5.76. The third-order valence-electron chi connectivity index (χ3n) is 4.24. The summed E-state index contributed by atoms with van der Waals surface area (Å²) >= 11 is 0. The van der Waals surface area contributed by atoms with Crippen LogP contribution in [0, 0.1) is 5.92 Å². The summed E-state index contributed by atoms with van der Waals surface area (Å²) in [5.41, 5.74) is 0. The minimum absolute atomic E-state index is 0.0347. The summed E-state index contributed by atoms with van der Waals surface area (Å²) in [7, 11) is 1.85. The van der Waals surface area contributed by atoms with Gasteiger partial charge < -0.3 is 14.9 Å². The Bertz CT molecular complexity index is 325. The zero-order valence-electron chi connectivity index (χ0n) is 13.0. The van der Waals surface area contributed by atoms with Gasteiger partial charge in [-0.05, 0) is 19.8 Å². The molecule has 1 aliphatic carbocycles. The number of carboxylic acids is 1. The molecule has 0 heterocycles. The van der Waals surface area contributed by atoms with E-state index < -0.39 is 11.9 Å². The van der Waals surface area contributed by atoms with Crippen LogP contribution in [0.5, 0.6) is 0 Å². The molecular formula is C15H28N2O3. The molecule has 1 rings (SSSR count). The molecule has 0 spiro atoms. The number of hydrogen-bond acceptors (Lipinski definition) is 2. The van der Waals surface area contributed by atoms with E-state index >= 15 is 0 Å². The molecule has 1 aliphatic rings. The molecule has 0 saturated heterocycles. The van der Waals surface area contributed by atoms with Crippen LogP contribution < -0.4 is 0 Å². The van der Waals surface area contributed by atoms with E-state index in [0.29, 0.717) is 12.6 Å². The minimum Gasteiger partial charge on any atom is -0.481 e. The van der Waals surface area contributed by atoms with Crippen molar-refractivity contribution < 1.29 is 14.7 Å². The molecule has 0 aliphatic heterocycles. The number of carbonyl (C=O) groups is 2. The first-order chi connectivity index (χ1) is 9.47. The highest BCUT2D eigenvalue weighted by atomic mass is 16.4. The largest absolute Gasteiger partial charge is 0.481 e. The Kier molecular flexibility index (Phi) is 6.82. The number of nitrogens with zero attached hydrogens (tertiary/aromatic N) is 2. The molecule has 0 bridgehead atoms. The number of urea groups is 1. The van der Waals surface area contributed by atoms with E-state index in [-0.39, 0.29) is 12.6 Å². The van der Waals surface area contributed by atoms with E-state index in [2.05, 4.69) is 0 Å². The highest BCUT2D eigenvalue weighted by Gasteiger charge is 2.26. The van der Waals surface area contributed by atoms with Crippen LogP contribution in [0.25, 0.3) is 0 Å². The molecule has 1 fully saturated rings. The van der Waals surface area contributed by atoms with Crippen molar-refractivity contribution in [3.8, 4) is 0 Å². The maximum Gasteiger partial charge on any atom is 0.320 e. The Morgan fingerprint density at radius 1 is 1.20 bits per heavy atom. The molecule has 2 amide bonds. The molecule has 0 radical (unpaired) electrons. The van der Waals surface area contributed by atoms with Gasteiger partial charge >= 0.3 is 12.0 Å². The molecule has 1 N–H and O–H groups in total. The molecule has 5 nitrogen and oxygen atoms in total. The number of hydrogen-bond donors (Lipinski definition) is 1. The van der Waals surface area contributed by atoms with Gasteiger partial charge in [-0.2, -0.15) is 0 Å². The van der Waals surface area contributed by atoms with Gasteiger partial charge in [0.1, 0.15) is 0 Å². The predicted molar refractivity (Wildman–Crippen MR) is 78.7 cm³/mol. The first-order valence-electron chi connectivity index (χ1n) is 7.71. The van der Waals surface area contributed by atoms with Gasteiger partial charge in [-0.25, -0.2) is 4.79 Å². The summed E-state index contributed by atoms with van der Waals surface area (Å²) in [5.74, 6) is -1.38. The van der Waals surface area contributed by atoms with Crippen LogP contribution in [0.3, 0.4) is 0 Å². The fourth-order valence-corrected chi connectivity index (χ4v) is 2.78. The van der Waals surface area contributed by atoms with Crippen molar-refractivity contribution in [2.45, 2.75) is 58.4 Å². The Morgan fingerprint density at radius 3 is 2.20 bits per heavy atom. The van der Waals surface area contributed by atoms with Crippen molar-refractivity contribution in [2.24, 2.45) is 5.92 Å². The molecule has 1 unspecified atom stereocenters. The van der Waals surface area contributed by atoms with Crippen molar-refractivity contribution in [3.63, 3.8) is 0 Å². The first kappa shape index (κ1) is 16.8. The van der Waals surface area contributed by atoms with Gasteiger partial charge in [0.25, 0.3) is 0 Å². The van der Waals surface area contributed by atoms with Gasteiger partial charge in [-0.15, -0.1) is 0 Å². The molecule has 5 heteroatoms.